The molecule has 3 radical (unpaired) electrons. The number of aliphatic hydroxyl groups excluding tert-OH is 3. The van der Waals surface area contributed by atoms with E-state index in [4.69, 9.17) is 50.1 Å². The maximum atomic E-state index is 11.9. The van der Waals surface area contributed by atoms with Crippen LogP contribution in [0.3, 0.4) is 0 Å². The second-order valence-electron chi connectivity index (χ2n) is 35.6. The average molecular weight is 1910 g/mol. The Balaban J connectivity index is -0.000000214. The Kier molecular flexibility index (Phi) is 143. The van der Waals surface area contributed by atoms with E-state index in [9.17, 15) is 43.5 Å². The Morgan fingerprint density at radius 2 is 0.398 bits per heavy atom. The number of ether oxygens (including phenoxy) is 4. The zero-order valence-electron chi connectivity index (χ0n) is 85.4. The van der Waals surface area contributed by atoms with Crippen molar-refractivity contribution in [2.24, 2.45) is 0 Å². The molecule has 0 aromatic heterocycles. The van der Waals surface area contributed by atoms with Crippen LogP contribution >= 0.6 is 33.0 Å². The molecule has 0 unspecified atom stereocenters. The van der Waals surface area contributed by atoms with Crippen molar-refractivity contribution in [2.75, 3.05) is 39.6 Å². The van der Waals surface area contributed by atoms with Crippen molar-refractivity contribution in [2.45, 2.75) is 587 Å². The Morgan fingerprint density at radius 3 is 0.539 bits per heavy atom. The van der Waals surface area contributed by atoms with Crippen LogP contribution in [0.25, 0.3) is 0 Å². The van der Waals surface area contributed by atoms with Crippen LogP contribution in [0.2, 0.25) is 0 Å². The molecule has 0 spiro atoms. The van der Waals surface area contributed by atoms with Crippen molar-refractivity contribution in [3.05, 3.63) is 0 Å². The van der Waals surface area contributed by atoms with Crippen molar-refractivity contribution in [3.63, 3.8) is 0 Å². The van der Waals surface area contributed by atoms with E-state index >= 15 is 0 Å². The number of esters is 4. The monoisotopic (exact) mass is 1910 g/mol. The maximum absolute atomic E-state index is 11.9. The number of carbonyl (C=O) groups is 8. The molecule has 0 atom stereocenters. The number of ketones is 2. The van der Waals surface area contributed by atoms with Crippen molar-refractivity contribution in [3.8, 4) is 0 Å². The molecule has 17 nitrogen and oxygen atoms in total. The summed E-state index contributed by atoms with van der Waals surface area (Å²) >= 11 is 5.28. The Bertz CT molecular complexity index is 2130. The average Bonchev–Trinajstić information content (AvgIpc) is 0.991. The first kappa shape index (κ1) is 142. The summed E-state index contributed by atoms with van der Waals surface area (Å²) in [6.07, 6.45) is 102. The molecule has 23 heteroatoms. The van der Waals surface area contributed by atoms with E-state index < -0.39 is 40.3 Å². The topological polar surface area (TPSA) is 271 Å². The maximum Gasteiger partial charge on any atom is 1.00 e. The molecule has 0 amide bonds. The Morgan fingerprint density at radius 1 is 0.258 bits per heavy atom. The van der Waals surface area contributed by atoms with E-state index in [1.54, 1.807) is 0 Å². The smallest absolute Gasteiger partial charge is 1.00 e. The third kappa shape index (κ3) is 150. The number of aliphatic carboxylic acids is 1. The van der Waals surface area contributed by atoms with Gasteiger partial charge in [0.1, 0.15) is 32.5 Å². The van der Waals surface area contributed by atoms with Crippen molar-refractivity contribution >= 4 is 97.3 Å². The molecule has 0 aromatic rings. The molecule has 0 bridgehead atoms. The molecule has 0 aliphatic heterocycles. The first-order valence-electron chi connectivity index (χ1n) is 53.0. The number of hydrogen-bond donors (Lipinski definition) is 4. The van der Waals surface area contributed by atoms with Gasteiger partial charge in [0.25, 0.3) is 0 Å². The minimum Gasteiger partial charge on any atom is -1.00 e. The third-order valence-corrected chi connectivity index (χ3v) is 23.1. The van der Waals surface area contributed by atoms with Gasteiger partial charge >= 0.3 is 59.4 Å². The minimum atomic E-state index is -1.67. The molecule has 128 heavy (non-hydrogen) atoms. The molecule has 0 fully saturated rings. The molecular formula is C105H204BCl3NaO17S. The number of unbranched alkanes of at least 4 members (excludes halogenated alkanes) is 72. The Labute approximate surface area is 830 Å². The Hall–Kier alpha value is -1.68. The second-order valence-corrected chi connectivity index (χ2v) is 38.6. The quantitative estimate of drug-likeness (QED) is 0.0145. The van der Waals surface area contributed by atoms with Crippen LogP contribution in [0.5, 0.6) is 0 Å². The molecule has 4 N–H and O–H groups in total. The summed E-state index contributed by atoms with van der Waals surface area (Å²) in [4.78, 5) is 89.9. The van der Waals surface area contributed by atoms with Gasteiger partial charge < -0.3 is 40.8 Å². The van der Waals surface area contributed by atoms with Crippen molar-refractivity contribution < 1.29 is 113 Å². The van der Waals surface area contributed by atoms with Crippen molar-refractivity contribution in [1.29, 1.82) is 0 Å². The summed E-state index contributed by atoms with van der Waals surface area (Å²) in [6, 6.07) is 0. The predicted molar refractivity (Wildman–Crippen MR) is 541 cm³/mol. The van der Waals surface area contributed by atoms with Gasteiger partial charge in [-0.1, -0.05) is 504 Å². The largest absolute Gasteiger partial charge is 1.00 e. The van der Waals surface area contributed by atoms with Gasteiger partial charge in [-0.25, -0.2) is 4.21 Å². The number of aliphatic hydroxyl groups is 3. The molecule has 0 rings (SSSR count). The van der Waals surface area contributed by atoms with E-state index in [0.717, 1.165) is 89.9 Å². The van der Waals surface area contributed by atoms with Gasteiger partial charge in [-0.3, -0.25) is 38.4 Å². The fourth-order valence-corrected chi connectivity index (χ4v) is 15.0. The SMILES string of the molecule is CCCCCCCCCCCCCCCC(=O)Cl.CCCCCCCCCCCCCCCC(=O)O.CCCCCCCCCCCCCCCC(=O)OCC(=O)COC(=O)CCCCCCCCCCCCCCC.CCCCCCCCCCCCCCCC(=O)OCC(O)COC(=O)CCCCCCCCCCCCCCC.O=C(CO)CO.O=S(Cl)Cl.[B].[H-].[Na+]. The summed E-state index contributed by atoms with van der Waals surface area (Å²) in [7, 11) is 7.36. The van der Waals surface area contributed by atoms with Gasteiger partial charge in [0.05, 0.1) is 0 Å². The third-order valence-electron chi connectivity index (χ3n) is 22.9. The number of rotatable bonds is 94. The van der Waals surface area contributed by atoms with E-state index in [-0.39, 0.29) is 101 Å². The summed E-state index contributed by atoms with van der Waals surface area (Å²) in [5.41, 5.74) is 0. The number of hydrogen-bond acceptors (Lipinski definition) is 16. The first-order chi connectivity index (χ1) is 61.3. The van der Waals surface area contributed by atoms with Crippen LogP contribution in [-0.4, -0.2) is 125 Å². The molecule has 0 aromatic carbocycles. The van der Waals surface area contributed by atoms with Gasteiger partial charge in [0, 0.05) is 68.3 Å². The van der Waals surface area contributed by atoms with E-state index in [0.29, 0.717) is 38.5 Å². The van der Waals surface area contributed by atoms with E-state index in [1.807, 2.05) is 0 Å². The van der Waals surface area contributed by atoms with E-state index in [1.165, 1.54) is 411 Å². The molecule has 0 saturated heterocycles. The molecule has 0 aliphatic rings. The van der Waals surface area contributed by atoms with Crippen LogP contribution in [-0.2, 0) is 66.5 Å². The standard InChI is InChI=1S/C35H68O5.C35H66O5.C16H31ClO.C16H32O2.C3H6O3.B.Cl2OS.Na.H/c2*1-3-5-7-9-11-13-15-17-19-21-23-25-27-29-34(37)39-31-33(36)32-40-35(38)30-28-26-24-22-20-18-16-14-12-10-8-6-4-2;2*1-2-3-4-5-6-7-8-9-10-11-12-13-14-15-16(17)18;4-1-3(6)2-5;;1-4(2)3;;/h33,36H,3-32H2,1-2H3;3-32H2,1-2H3;2-15H2,1H3;2-15H2,1H3,(H,17,18);4-5H,1-2H2;;;;/q;;;;;;;+1;-1. The van der Waals surface area contributed by atoms with Crippen LogP contribution in [0, 0.1) is 0 Å². The van der Waals surface area contributed by atoms with Gasteiger partial charge in [-0.15, -0.1) is 0 Å². The number of carboxylic acids is 1. The zero-order chi connectivity index (χ0) is 94.2. The molecule has 757 valence electrons. The van der Waals surface area contributed by atoms with Crippen LogP contribution in [0.1, 0.15) is 582 Å². The molecule has 0 heterocycles. The van der Waals surface area contributed by atoms with Crippen LogP contribution in [0.4, 0.5) is 0 Å². The minimum absolute atomic E-state index is 0. The predicted octanol–water partition coefficient (Wildman–Crippen LogP) is 29.1. The van der Waals surface area contributed by atoms with Crippen LogP contribution in [0.15, 0.2) is 0 Å². The number of carboxylic acid groups (broad SMARTS) is 1. The number of halogens is 3. The number of Topliss-reactive ketones (excluding diaryl/α,β-unsaturated/α-hetero) is 2. The van der Waals surface area contributed by atoms with Gasteiger partial charge in [-0.2, -0.15) is 0 Å². The zero-order valence-corrected chi connectivity index (χ0v) is 89.5. The molecule has 0 saturated carbocycles. The fourth-order valence-electron chi connectivity index (χ4n) is 14.9. The molecule has 0 aliphatic carbocycles. The normalized spacial score (nSPS) is 10.7. The summed E-state index contributed by atoms with van der Waals surface area (Å²) in [5, 5.41) is 33.9. The second kappa shape index (κ2) is 129. The van der Waals surface area contributed by atoms with Gasteiger partial charge in [-0.05, 0) is 50.1 Å². The number of carbonyl (C=O) groups excluding carboxylic acids is 7. The van der Waals surface area contributed by atoms with Gasteiger partial charge in [0.2, 0.25) is 20.3 Å². The first-order valence-corrected chi connectivity index (χ1v) is 56.2. The fraction of sp³-hybridized carbons (Fsp3) is 0.924. The molecular weight excluding hydrogens is 1710 g/mol. The summed E-state index contributed by atoms with van der Waals surface area (Å²) in [6.45, 7) is 11.6. The van der Waals surface area contributed by atoms with Gasteiger partial charge in [0.15, 0.2) is 19.0 Å². The summed E-state index contributed by atoms with van der Waals surface area (Å²) in [5.74, 6) is -2.80. The summed E-state index contributed by atoms with van der Waals surface area (Å²) < 4.78 is 29.5. The van der Waals surface area contributed by atoms with E-state index in [2.05, 4.69) is 62.9 Å². The van der Waals surface area contributed by atoms with Crippen molar-refractivity contribution in [1.82, 2.24) is 0 Å². The van der Waals surface area contributed by atoms with Crippen LogP contribution < -0.4 is 29.6 Å².